The third-order valence-corrected chi connectivity index (χ3v) is 5.24. The number of nitrogens with zero attached hydrogens (tertiary/aromatic N) is 1. The highest BCUT2D eigenvalue weighted by atomic mass is 16.5. The van der Waals surface area contributed by atoms with Crippen molar-refractivity contribution in [2.75, 3.05) is 27.3 Å². The van der Waals surface area contributed by atoms with Crippen LogP contribution in [0.5, 0.6) is 11.5 Å². The maximum Gasteiger partial charge on any atom is 0.224 e. The molecule has 3 rings (SSSR count). The number of amides is 2. The Morgan fingerprint density at radius 2 is 1.90 bits per heavy atom. The van der Waals surface area contributed by atoms with Crippen LogP contribution in [0.2, 0.25) is 0 Å². The zero-order valence-electron chi connectivity index (χ0n) is 17.0. The van der Waals surface area contributed by atoms with Gasteiger partial charge in [0.15, 0.2) is 0 Å². The Bertz CT molecular complexity index is 838. The number of carbonyl (C=O) groups excluding carboxylic acids is 2. The summed E-state index contributed by atoms with van der Waals surface area (Å²) in [7, 11) is 3.26. The molecule has 0 aromatic heterocycles. The van der Waals surface area contributed by atoms with E-state index in [1.807, 2.05) is 53.4 Å². The van der Waals surface area contributed by atoms with E-state index in [9.17, 15) is 9.59 Å². The topological polar surface area (TPSA) is 67.9 Å². The first kappa shape index (κ1) is 20.7. The monoisotopic (exact) mass is 396 g/mol. The van der Waals surface area contributed by atoms with Crippen molar-refractivity contribution in [3.63, 3.8) is 0 Å². The molecule has 1 aliphatic heterocycles. The Morgan fingerprint density at radius 1 is 1.10 bits per heavy atom. The quantitative estimate of drug-likeness (QED) is 0.744. The van der Waals surface area contributed by atoms with Gasteiger partial charge in [0.05, 0.1) is 26.7 Å². The molecular weight excluding hydrogens is 368 g/mol. The van der Waals surface area contributed by atoms with Crippen LogP contribution in [0.4, 0.5) is 0 Å². The summed E-state index contributed by atoms with van der Waals surface area (Å²) in [5.74, 6) is 1.47. The summed E-state index contributed by atoms with van der Waals surface area (Å²) in [6, 6.07) is 15.2. The maximum absolute atomic E-state index is 12.8. The second-order valence-corrected chi connectivity index (χ2v) is 7.12. The summed E-state index contributed by atoms with van der Waals surface area (Å²) in [5.41, 5.74) is 1.92. The first-order valence-corrected chi connectivity index (χ1v) is 9.94. The molecular formula is C23H28N2O4. The molecule has 0 radical (unpaired) electrons. The average Bonchev–Trinajstić information content (AvgIpc) is 3.23. The van der Waals surface area contributed by atoms with Crippen molar-refractivity contribution < 1.29 is 19.1 Å². The van der Waals surface area contributed by atoms with Gasteiger partial charge in [-0.05, 0) is 36.6 Å². The van der Waals surface area contributed by atoms with Crippen molar-refractivity contribution in [2.45, 2.75) is 31.7 Å². The average molecular weight is 396 g/mol. The smallest absolute Gasteiger partial charge is 0.224 e. The standard InChI is InChI=1S/C23H28N2O4/c1-28-18-10-11-21(29-2)19(16-18)20-9-6-14-25(20)23(27)12-13-24-22(26)15-17-7-4-3-5-8-17/h3-5,7-8,10-11,16,20H,6,9,12-15H2,1-2H3,(H,24,26). The van der Waals surface area contributed by atoms with Crippen LogP contribution in [0.1, 0.15) is 36.4 Å². The second kappa shape index (κ2) is 9.96. The molecule has 1 saturated heterocycles. The minimum absolute atomic E-state index is 0.0347. The van der Waals surface area contributed by atoms with Crippen LogP contribution in [-0.2, 0) is 16.0 Å². The minimum Gasteiger partial charge on any atom is -0.497 e. The van der Waals surface area contributed by atoms with Gasteiger partial charge in [-0.1, -0.05) is 30.3 Å². The maximum atomic E-state index is 12.8. The fourth-order valence-electron chi connectivity index (χ4n) is 3.78. The number of carbonyl (C=O) groups is 2. The molecule has 6 heteroatoms. The lowest BCUT2D eigenvalue weighted by molar-refractivity contribution is -0.132. The van der Waals surface area contributed by atoms with Crippen LogP contribution in [-0.4, -0.2) is 44.0 Å². The van der Waals surface area contributed by atoms with E-state index < -0.39 is 0 Å². The largest absolute Gasteiger partial charge is 0.497 e. The van der Waals surface area contributed by atoms with Crippen molar-refractivity contribution in [1.82, 2.24) is 10.2 Å². The molecule has 0 aliphatic carbocycles. The van der Waals surface area contributed by atoms with E-state index in [1.165, 1.54) is 0 Å². The van der Waals surface area contributed by atoms with Crippen molar-refractivity contribution in [3.05, 3.63) is 59.7 Å². The van der Waals surface area contributed by atoms with Gasteiger partial charge >= 0.3 is 0 Å². The molecule has 29 heavy (non-hydrogen) atoms. The van der Waals surface area contributed by atoms with Gasteiger partial charge in [0.1, 0.15) is 11.5 Å². The zero-order chi connectivity index (χ0) is 20.6. The summed E-state index contributed by atoms with van der Waals surface area (Å²) in [4.78, 5) is 26.8. The molecule has 1 N–H and O–H groups in total. The van der Waals surface area contributed by atoms with Gasteiger partial charge in [-0.3, -0.25) is 9.59 Å². The number of nitrogens with one attached hydrogen (secondary N) is 1. The van der Waals surface area contributed by atoms with Gasteiger partial charge in [0, 0.05) is 25.1 Å². The predicted molar refractivity (Wildman–Crippen MR) is 111 cm³/mol. The van der Waals surface area contributed by atoms with Gasteiger partial charge in [0.2, 0.25) is 11.8 Å². The molecule has 0 spiro atoms. The third kappa shape index (κ3) is 5.28. The molecule has 1 unspecified atom stereocenters. The Labute approximate surface area is 171 Å². The lowest BCUT2D eigenvalue weighted by Crippen LogP contribution is -2.34. The first-order valence-electron chi connectivity index (χ1n) is 9.94. The summed E-state index contributed by atoms with van der Waals surface area (Å²) in [6.45, 7) is 1.05. The van der Waals surface area contributed by atoms with Crippen molar-refractivity contribution in [3.8, 4) is 11.5 Å². The highest BCUT2D eigenvalue weighted by molar-refractivity contribution is 5.81. The Kier molecular flexibility index (Phi) is 7.11. The van der Waals surface area contributed by atoms with Crippen LogP contribution >= 0.6 is 0 Å². The van der Waals surface area contributed by atoms with Crippen LogP contribution in [0.3, 0.4) is 0 Å². The predicted octanol–water partition coefficient (Wildman–Crippen LogP) is 3.12. The third-order valence-electron chi connectivity index (χ3n) is 5.24. The van der Waals surface area contributed by atoms with E-state index in [4.69, 9.17) is 9.47 Å². The molecule has 2 aromatic carbocycles. The highest BCUT2D eigenvalue weighted by Crippen LogP contribution is 2.39. The molecule has 1 heterocycles. The molecule has 2 aromatic rings. The fraction of sp³-hybridized carbons (Fsp3) is 0.391. The molecule has 6 nitrogen and oxygen atoms in total. The number of methoxy groups -OCH3 is 2. The van der Waals surface area contributed by atoms with Crippen molar-refractivity contribution in [2.24, 2.45) is 0 Å². The SMILES string of the molecule is COc1ccc(OC)c(C2CCCN2C(=O)CCNC(=O)Cc2ccccc2)c1. The Hall–Kier alpha value is -3.02. The van der Waals surface area contributed by atoms with E-state index in [0.29, 0.717) is 19.5 Å². The van der Waals surface area contributed by atoms with E-state index in [-0.39, 0.29) is 24.3 Å². The van der Waals surface area contributed by atoms with Crippen LogP contribution in [0.15, 0.2) is 48.5 Å². The molecule has 0 bridgehead atoms. The molecule has 2 amide bonds. The Morgan fingerprint density at radius 3 is 2.62 bits per heavy atom. The molecule has 1 aliphatic rings. The molecule has 0 saturated carbocycles. The normalized spacial score (nSPS) is 15.8. The van der Waals surface area contributed by atoms with Crippen LogP contribution < -0.4 is 14.8 Å². The number of ether oxygens (including phenoxy) is 2. The summed E-state index contributed by atoms with van der Waals surface area (Å²) in [5, 5.41) is 2.85. The van der Waals surface area contributed by atoms with Gasteiger partial charge in [-0.2, -0.15) is 0 Å². The second-order valence-electron chi connectivity index (χ2n) is 7.12. The molecule has 1 atom stereocenters. The lowest BCUT2D eigenvalue weighted by Gasteiger charge is -2.27. The van der Waals surface area contributed by atoms with Crippen LogP contribution in [0.25, 0.3) is 0 Å². The van der Waals surface area contributed by atoms with Gasteiger partial charge in [-0.15, -0.1) is 0 Å². The van der Waals surface area contributed by atoms with E-state index in [1.54, 1.807) is 14.2 Å². The van der Waals surface area contributed by atoms with Crippen LogP contribution in [0, 0.1) is 0 Å². The lowest BCUT2D eigenvalue weighted by atomic mass is 10.0. The summed E-state index contributed by atoms with van der Waals surface area (Å²) < 4.78 is 10.8. The molecule has 154 valence electrons. The van der Waals surface area contributed by atoms with E-state index >= 15 is 0 Å². The number of benzene rings is 2. The number of hydrogen-bond donors (Lipinski definition) is 1. The van der Waals surface area contributed by atoms with E-state index in [2.05, 4.69) is 5.32 Å². The number of likely N-dealkylation sites (tertiary alicyclic amines) is 1. The summed E-state index contributed by atoms with van der Waals surface area (Å²) in [6.07, 6.45) is 2.43. The Balaban J connectivity index is 1.57. The zero-order valence-corrected chi connectivity index (χ0v) is 17.0. The summed E-state index contributed by atoms with van der Waals surface area (Å²) >= 11 is 0. The minimum atomic E-state index is -0.0727. The fourth-order valence-corrected chi connectivity index (χ4v) is 3.78. The number of rotatable bonds is 8. The highest BCUT2D eigenvalue weighted by Gasteiger charge is 2.31. The van der Waals surface area contributed by atoms with Crippen molar-refractivity contribution in [1.29, 1.82) is 0 Å². The number of hydrogen-bond acceptors (Lipinski definition) is 4. The van der Waals surface area contributed by atoms with Gasteiger partial charge < -0.3 is 19.7 Å². The first-order chi connectivity index (χ1) is 14.1. The van der Waals surface area contributed by atoms with E-state index in [0.717, 1.165) is 35.5 Å². The van der Waals surface area contributed by atoms with Crippen molar-refractivity contribution >= 4 is 11.8 Å². The molecule has 1 fully saturated rings. The van der Waals surface area contributed by atoms with Gasteiger partial charge in [0.25, 0.3) is 0 Å². The van der Waals surface area contributed by atoms with Gasteiger partial charge in [-0.25, -0.2) is 0 Å².